The smallest absolute Gasteiger partial charge is 0.258 e. The second kappa shape index (κ2) is 10.2. The fourth-order valence-corrected chi connectivity index (χ4v) is 7.84. The number of likely N-dealkylation sites (N-methyl/N-ethyl adjacent to an activating group) is 1. The minimum atomic E-state index is -2.32. The van der Waals surface area contributed by atoms with Gasteiger partial charge in [-0.05, 0) is 23.5 Å². The molecule has 1 heterocycles. The summed E-state index contributed by atoms with van der Waals surface area (Å²) in [5.74, 6) is 0. The standard InChI is InChI=1S/C21H29NO2Si.ClH/c1-3-4-17-25(19-11-7-5-8-12-19,20-13-9-6-10-14-20)24-21-18-23-16-15-22(21)2;/h5-14,21H,3-4,15-18H2,1-2H3;1H/t21-;/m0./s1. The molecule has 1 aliphatic heterocycles. The zero-order chi connectivity index (χ0) is 17.5. The van der Waals surface area contributed by atoms with E-state index in [-0.39, 0.29) is 18.6 Å². The molecule has 0 amide bonds. The SMILES string of the molecule is CCCC[Si](O[C@H]1COCCN1C)(c1ccccc1)c1ccccc1.Cl. The van der Waals surface area contributed by atoms with Gasteiger partial charge < -0.3 is 9.16 Å². The van der Waals surface area contributed by atoms with Gasteiger partial charge in [0.25, 0.3) is 8.32 Å². The van der Waals surface area contributed by atoms with Crippen LogP contribution in [0.1, 0.15) is 19.8 Å². The van der Waals surface area contributed by atoms with Crippen molar-refractivity contribution in [2.24, 2.45) is 0 Å². The van der Waals surface area contributed by atoms with Gasteiger partial charge in [0.15, 0.2) is 0 Å². The Kier molecular flexibility index (Phi) is 8.32. The molecule has 1 atom stereocenters. The van der Waals surface area contributed by atoms with Crippen LogP contribution in [0.2, 0.25) is 6.04 Å². The van der Waals surface area contributed by atoms with Crippen molar-refractivity contribution >= 4 is 31.1 Å². The first kappa shape index (κ1) is 21.1. The molecule has 142 valence electrons. The van der Waals surface area contributed by atoms with Crippen molar-refractivity contribution in [3.05, 3.63) is 60.7 Å². The van der Waals surface area contributed by atoms with Crippen molar-refractivity contribution in [1.82, 2.24) is 4.90 Å². The van der Waals surface area contributed by atoms with Crippen molar-refractivity contribution in [1.29, 1.82) is 0 Å². The van der Waals surface area contributed by atoms with Crippen molar-refractivity contribution in [3.8, 4) is 0 Å². The van der Waals surface area contributed by atoms with E-state index in [0.29, 0.717) is 6.61 Å². The molecule has 0 saturated carbocycles. The maximum absolute atomic E-state index is 7.01. The van der Waals surface area contributed by atoms with Crippen LogP contribution >= 0.6 is 12.4 Å². The lowest BCUT2D eigenvalue weighted by molar-refractivity contribution is -0.0826. The number of hydrogen-bond acceptors (Lipinski definition) is 3. The number of morpholine rings is 1. The highest BCUT2D eigenvalue weighted by atomic mass is 35.5. The van der Waals surface area contributed by atoms with E-state index in [4.69, 9.17) is 9.16 Å². The van der Waals surface area contributed by atoms with Gasteiger partial charge in [-0.15, -0.1) is 12.4 Å². The summed E-state index contributed by atoms with van der Waals surface area (Å²) in [6.45, 7) is 4.62. The monoisotopic (exact) mass is 391 g/mol. The second-order valence-electron chi connectivity index (χ2n) is 6.79. The number of ether oxygens (including phenoxy) is 1. The van der Waals surface area contributed by atoms with Crippen LogP contribution in [-0.2, 0) is 9.16 Å². The molecule has 0 bridgehead atoms. The van der Waals surface area contributed by atoms with E-state index in [2.05, 4.69) is 79.5 Å². The molecule has 3 nitrogen and oxygen atoms in total. The first-order valence-corrected chi connectivity index (χ1v) is 11.4. The molecule has 0 unspecified atom stereocenters. The van der Waals surface area contributed by atoms with Gasteiger partial charge in [0.2, 0.25) is 0 Å². The van der Waals surface area contributed by atoms with Gasteiger partial charge in [0, 0.05) is 6.54 Å². The van der Waals surface area contributed by atoms with Crippen LogP contribution in [0.4, 0.5) is 0 Å². The number of halogens is 1. The Hall–Kier alpha value is -1.17. The van der Waals surface area contributed by atoms with Crippen LogP contribution in [0.5, 0.6) is 0 Å². The molecule has 0 aliphatic carbocycles. The molecule has 0 radical (unpaired) electrons. The second-order valence-corrected chi connectivity index (χ2v) is 10.3. The highest BCUT2D eigenvalue weighted by molar-refractivity contribution is 6.97. The van der Waals surface area contributed by atoms with Crippen LogP contribution in [0.15, 0.2) is 60.7 Å². The third-order valence-corrected chi connectivity index (χ3v) is 9.30. The highest BCUT2D eigenvalue weighted by Crippen LogP contribution is 2.21. The van der Waals surface area contributed by atoms with E-state index >= 15 is 0 Å². The van der Waals surface area contributed by atoms with Gasteiger partial charge in [-0.1, -0.05) is 80.4 Å². The van der Waals surface area contributed by atoms with Gasteiger partial charge in [0.1, 0.15) is 6.23 Å². The molecule has 26 heavy (non-hydrogen) atoms. The summed E-state index contributed by atoms with van der Waals surface area (Å²) < 4.78 is 12.7. The fourth-order valence-electron chi connectivity index (χ4n) is 3.51. The summed E-state index contributed by atoms with van der Waals surface area (Å²) >= 11 is 0. The summed E-state index contributed by atoms with van der Waals surface area (Å²) in [5, 5.41) is 2.71. The molecule has 2 aromatic carbocycles. The Labute approximate surface area is 164 Å². The van der Waals surface area contributed by atoms with Crippen molar-refractivity contribution in [3.63, 3.8) is 0 Å². The summed E-state index contributed by atoms with van der Waals surface area (Å²) in [6, 6.07) is 22.8. The summed E-state index contributed by atoms with van der Waals surface area (Å²) in [5.41, 5.74) is 0. The minimum absolute atomic E-state index is 0. The molecule has 5 heteroatoms. The lowest BCUT2D eigenvalue weighted by Crippen LogP contribution is -2.65. The third-order valence-electron chi connectivity index (χ3n) is 5.04. The molecule has 0 N–H and O–H groups in total. The molecule has 1 aliphatic rings. The van der Waals surface area contributed by atoms with Crippen LogP contribution in [0.3, 0.4) is 0 Å². The molecule has 1 fully saturated rings. The zero-order valence-electron chi connectivity index (χ0n) is 15.8. The Balaban J connectivity index is 0.00000243. The van der Waals surface area contributed by atoms with E-state index in [9.17, 15) is 0 Å². The van der Waals surface area contributed by atoms with E-state index in [1.54, 1.807) is 0 Å². The highest BCUT2D eigenvalue weighted by Gasteiger charge is 2.42. The maximum atomic E-state index is 7.01. The summed E-state index contributed by atoms with van der Waals surface area (Å²) in [6.07, 6.45) is 2.37. The van der Waals surface area contributed by atoms with Crippen molar-refractivity contribution < 1.29 is 9.16 Å². The Morgan fingerprint density at radius 3 is 2.12 bits per heavy atom. The predicted molar refractivity (Wildman–Crippen MR) is 113 cm³/mol. The Bertz CT molecular complexity index is 601. The molecule has 0 spiro atoms. The van der Waals surface area contributed by atoms with Crippen molar-refractivity contribution in [2.75, 3.05) is 26.8 Å². The van der Waals surface area contributed by atoms with E-state index < -0.39 is 8.32 Å². The number of hydrogen-bond donors (Lipinski definition) is 0. The molecular formula is C21H30ClNO2Si. The van der Waals surface area contributed by atoms with Crippen LogP contribution in [0.25, 0.3) is 0 Å². The number of nitrogens with zero attached hydrogens (tertiary/aromatic N) is 1. The topological polar surface area (TPSA) is 21.7 Å². The van der Waals surface area contributed by atoms with Gasteiger partial charge in [-0.3, -0.25) is 4.90 Å². The average Bonchev–Trinajstić information content (AvgIpc) is 2.68. The molecule has 3 rings (SSSR count). The Morgan fingerprint density at radius 1 is 1.04 bits per heavy atom. The van der Waals surface area contributed by atoms with E-state index in [0.717, 1.165) is 19.2 Å². The van der Waals surface area contributed by atoms with Crippen LogP contribution < -0.4 is 10.4 Å². The number of rotatable bonds is 7. The number of benzene rings is 2. The third kappa shape index (κ3) is 4.75. The molecule has 0 aromatic heterocycles. The van der Waals surface area contributed by atoms with E-state index in [1.807, 2.05) is 0 Å². The van der Waals surface area contributed by atoms with E-state index in [1.165, 1.54) is 23.2 Å². The maximum Gasteiger partial charge on any atom is 0.258 e. The largest absolute Gasteiger partial charge is 0.390 e. The summed E-state index contributed by atoms with van der Waals surface area (Å²) in [7, 11) is -0.179. The van der Waals surface area contributed by atoms with Crippen LogP contribution in [0, 0.1) is 0 Å². The molecular weight excluding hydrogens is 362 g/mol. The fraction of sp³-hybridized carbons (Fsp3) is 0.429. The quantitative estimate of drug-likeness (QED) is 0.676. The Morgan fingerprint density at radius 2 is 1.62 bits per heavy atom. The summed E-state index contributed by atoms with van der Waals surface area (Å²) in [4.78, 5) is 2.29. The van der Waals surface area contributed by atoms with Gasteiger partial charge in [-0.25, -0.2) is 0 Å². The first-order chi connectivity index (χ1) is 12.3. The minimum Gasteiger partial charge on any atom is -0.390 e. The number of unbranched alkanes of at least 4 members (excludes halogenated alkanes) is 1. The van der Waals surface area contributed by atoms with Crippen molar-refractivity contribution in [2.45, 2.75) is 32.0 Å². The lowest BCUT2D eigenvalue weighted by atomic mass is 10.4. The predicted octanol–water partition coefficient (Wildman–Crippen LogP) is 3.27. The van der Waals surface area contributed by atoms with Crippen LogP contribution in [-0.4, -0.2) is 46.3 Å². The molecule has 1 saturated heterocycles. The van der Waals surface area contributed by atoms with Gasteiger partial charge >= 0.3 is 0 Å². The lowest BCUT2D eigenvalue weighted by Gasteiger charge is -2.41. The average molecular weight is 392 g/mol. The van der Waals surface area contributed by atoms with Gasteiger partial charge in [0.05, 0.1) is 13.2 Å². The van der Waals surface area contributed by atoms with Gasteiger partial charge in [-0.2, -0.15) is 0 Å². The normalized spacial score (nSPS) is 18.3. The molecule has 2 aromatic rings. The first-order valence-electron chi connectivity index (χ1n) is 9.33. The zero-order valence-corrected chi connectivity index (χ0v) is 17.6.